The molecule has 0 unspecified atom stereocenters. The first-order chi connectivity index (χ1) is 10.0. The second-order valence-corrected chi connectivity index (χ2v) is 4.63. The lowest BCUT2D eigenvalue weighted by molar-refractivity contribution is -0.136. The third kappa shape index (κ3) is 4.42. The molecular weight excluding hydrogens is 271 g/mol. The topological polar surface area (TPSA) is 58.2 Å². The van der Waals surface area contributed by atoms with Crippen molar-refractivity contribution < 1.29 is 14.0 Å². The number of carbonyl (C=O) groups is 2. The number of aryl methyl sites for hydroxylation is 1. The molecule has 2 aromatic rings. The van der Waals surface area contributed by atoms with Crippen LogP contribution in [0.25, 0.3) is 0 Å². The first kappa shape index (κ1) is 14.7. The molecule has 0 aliphatic rings. The molecule has 0 radical (unpaired) electrons. The minimum atomic E-state index is -0.784. The molecule has 0 aliphatic carbocycles. The van der Waals surface area contributed by atoms with E-state index in [0.29, 0.717) is 5.69 Å². The molecule has 0 atom stereocenters. The van der Waals surface area contributed by atoms with Crippen molar-refractivity contribution in [3.63, 3.8) is 0 Å². The van der Waals surface area contributed by atoms with E-state index in [1.807, 2.05) is 31.2 Å². The highest BCUT2D eigenvalue weighted by molar-refractivity contribution is 6.39. The molecule has 0 aromatic heterocycles. The van der Waals surface area contributed by atoms with Crippen molar-refractivity contribution in [2.45, 2.75) is 13.5 Å². The molecule has 0 spiro atoms. The maximum atomic E-state index is 12.7. The number of carbonyl (C=O) groups excluding carboxylic acids is 2. The van der Waals surface area contributed by atoms with Crippen LogP contribution in [-0.4, -0.2) is 11.8 Å². The van der Waals surface area contributed by atoms with Gasteiger partial charge in [0, 0.05) is 12.2 Å². The van der Waals surface area contributed by atoms with Crippen molar-refractivity contribution >= 4 is 17.5 Å². The van der Waals surface area contributed by atoms with Gasteiger partial charge in [-0.15, -0.1) is 0 Å². The summed E-state index contributed by atoms with van der Waals surface area (Å²) >= 11 is 0. The molecule has 4 nitrogen and oxygen atoms in total. The van der Waals surface area contributed by atoms with Crippen LogP contribution < -0.4 is 10.6 Å². The smallest absolute Gasteiger partial charge is 0.313 e. The van der Waals surface area contributed by atoms with Crippen molar-refractivity contribution in [2.75, 3.05) is 5.32 Å². The third-order valence-electron chi connectivity index (χ3n) is 2.88. The molecule has 108 valence electrons. The van der Waals surface area contributed by atoms with Crippen LogP contribution in [0.2, 0.25) is 0 Å². The zero-order valence-corrected chi connectivity index (χ0v) is 11.5. The highest BCUT2D eigenvalue weighted by atomic mass is 19.1. The van der Waals surface area contributed by atoms with Gasteiger partial charge >= 0.3 is 11.8 Å². The maximum absolute atomic E-state index is 12.7. The minimum absolute atomic E-state index is 0.274. The molecule has 0 fully saturated rings. The Balaban J connectivity index is 1.86. The van der Waals surface area contributed by atoms with E-state index < -0.39 is 17.6 Å². The zero-order valence-electron chi connectivity index (χ0n) is 11.5. The number of anilines is 1. The van der Waals surface area contributed by atoms with Gasteiger partial charge in [-0.05, 0) is 36.8 Å². The second kappa shape index (κ2) is 6.65. The zero-order chi connectivity index (χ0) is 15.2. The fourth-order valence-electron chi connectivity index (χ4n) is 1.69. The van der Waals surface area contributed by atoms with Crippen LogP contribution in [-0.2, 0) is 16.1 Å². The van der Waals surface area contributed by atoms with E-state index >= 15 is 0 Å². The molecule has 0 heterocycles. The Morgan fingerprint density at radius 1 is 0.952 bits per heavy atom. The average molecular weight is 286 g/mol. The van der Waals surface area contributed by atoms with Gasteiger partial charge in [-0.25, -0.2) is 4.39 Å². The number of halogens is 1. The van der Waals surface area contributed by atoms with Crippen molar-refractivity contribution in [2.24, 2.45) is 0 Å². The predicted molar refractivity (Wildman–Crippen MR) is 78.1 cm³/mol. The van der Waals surface area contributed by atoms with Crippen LogP contribution in [0, 0.1) is 12.7 Å². The maximum Gasteiger partial charge on any atom is 0.313 e. The summed E-state index contributed by atoms with van der Waals surface area (Å²) in [5.41, 5.74) is 2.40. The number of hydrogen-bond donors (Lipinski definition) is 2. The normalized spacial score (nSPS) is 10.0. The van der Waals surface area contributed by atoms with Crippen LogP contribution in [0.5, 0.6) is 0 Å². The number of hydrogen-bond acceptors (Lipinski definition) is 2. The summed E-state index contributed by atoms with van der Waals surface area (Å²) in [6, 6.07) is 12.8. The van der Waals surface area contributed by atoms with E-state index in [1.165, 1.54) is 24.3 Å². The standard InChI is InChI=1S/C16H15FN2O2/c1-11-2-4-12(5-3-11)10-18-15(20)16(21)19-14-8-6-13(17)7-9-14/h2-9H,10H2,1H3,(H,18,20)(H,19,21). The first-order valence-corrected chi connectivity index (χ1v) is 6.45. The van der Waals surface area contributed by atoms with E-state index in [9.17, 15) is 14.0 Å². The van der Waals surface area contributed by atoms with E-state index in [2.05, 4.69) is 10.6 Å². The number of nitrogens with one attached hydrogen (secondary N) is 2. The number of benzene rings is 2. The summed E-state index contributed by atoms with van der Waals surface area (Å²) in [6.45, 7) is 2.24. The molecule has 5 heteroatoms. The molecule has 2 N–H and O–H groups in total. The van der Waals surface area contributed by atoms with Gasteiger partial charge in [0.25, 0.3) is 0 Å². The van der Waals surface area contributed by atoms with Gasteiger partial charge in [0.05, 0.1) is 0 Å². The SMILES string of the molecule is Cc1ccc(CNC(=O)C(=O)Nc2ccc(F)cc2)cc1. The third-order valence-corrected chi connectivity index (χ3v) is 2.88. The molecule has 21 heavy (non-hydrogen) atoms. The second-order valence-electron chi connectivity index (χ2n) is 4.63. The van der Waals surface area contributed by atoms with Gasteiger partial charge in [-0.2, -0.15) is 0 Å². The minimum Gasteiger partial charge on any atom is -0.344 e. The lowest BCUT2D eigenvalue weighted by atomic mass is 10.1. The van der Waals surface area contributed by atoms with Gasteiger partial charge in [0.15, 0.2) is 0 Å². The number of rotatable bonds is 3. The molecule has 0 saturated heterocycles. The van der Waals surface area contributed by atoms with Gasteiger partial charge < -0.3 is 10.6 Å². The van der Waals surface area contributed by atoms with Gasteiger partial charge in [-0.1, -0.05) is 29.8 Å². The molecule has 0 aliphatic heterocycles. The average Bonchev–Trinajstić information content (AvgIpc) is 2.48. The van der Waals surface area contributed by atoms with E-state index in [0.717, 1.165) is 11.1 Å². The van der Waals surface area contributed by atoms with E-state index in [1.54, 1.807) is 0 Å². The quantitative estimate of drug-likeness (QED) is 0.851. The van der Waals surface area contributed by atoms with Crippen molar-refractivity contribution in [3.05, 3.63) is 65.5 Å². The van der Waals surface area contributed by atoms with Crippen molar-refractivity contribution in [3.8, 4) is 0 Å². The van der Waals surface area contributed by atoms with Crippen LogP contribution in [0.4, 0.5) is 10.1 Å². The monoisotopic (exact) mass is 286 g/mol. The fraction of sp³-hybridized carbons (Fsp3) is 0.125. The summed E-state index contributed by atoms with van der Waals surface area (Å²) < 4.78 is 12.7. The van der Waals surface area contributed by atoms with Crippen molar-refractivity contribution in [1.82, 2.24) is 5.32 Å². The summed E-state index contributed by atoms with van der Waals surface area (Å²) in [4.78, 5) is 23.3. The van der Waals surface area contributed by atoms with Gasteiger partial charge in [-0.3, -0.25) is 9.59 Å². The Morgan fingerprint density at radius 3 is 2.19 bits per heavy atom. The van der Waals surface area contributed by atoms with Crippen LogP contribution in [0.1, 0.15) is 11.1 Å². The van der Waals surface area contributed by atoms with Gasteiger partial charge in [0.1, 0.15) is 5.82 Å². The summed E-state index contributed by atoms with van der Waals surface area (Å²) in [5.74, 6) is -1.93. The Bertz CT molecular complexity index is 636. The highest BCUT2D eigenvalue weighted by Gasteiger charge is 2.13. The Hall–Kier alpha value is -2.69. The Kier molecular flexibility index (Phi) is 4.66. The largest absolute Gasteiger partial charge is 0.344 e. The van der Waals surface area contributed by atoms with E-state index in [-0.39, 0.29) is 6.54 Å². The van der Waals surface area contributed by atoms with E-state index in [4.69, 9.17) is 0 Å². The summed E-state index contributed by atoms with van der Waals surface area (Å²) in [7, 11) is 0. The lowest BCUT2D eigenvalue weighted by Crippen LogP contribution is -2.34. The summed E-state index contributed by atoms with van der Waals surface area (Å²) in [6.07, 6.45) is 0. The Morgan fingerprint density at radius 2 is 1.57 bits per heavy atom. The van der Waals surface area contributed by atoms with Crippen LogP contribution in [0.3, 0.4) is 0 Å². The Labute approximate surface area is 122 Å². The van der Waals surface area contributed by atoms with Crippen LogP contribution >= 0.6 is 0 Å². The molecule has 0 saturated carbocycles. The van der Waals surface area contributed by atoms with Crippen LogP contribution in [0.15, 0.2) is 48.5 Å². The van der Waals surface area contributed by atoms with Crippen molar-refractivity contribution in [1.29, 1.82) is 0 Å². The lowest BCUT2D eigenvalue weighted by Gasteiger charge is -2.07. The first-order valence-electron chi connectivity index (χ1n) is 6.45. The predicted octanol–water partition coefficient (Wildman–Crippen LogP) is 2.39. The highest BCUT2D eigenvalue weighted by Crippen LogP contribution is 2.08. The molecular formula is C16H15FN2O2. The molecule has 2 aromatic carbocycles. The number of amides is 2. The molecule has 2 rings (SSSR count). The molecule has 2 amide bonds. The fourth-order valence-corrected chi connectivity index (χ4v) is 1.69. The van der Waals surface area contributed by atoms with Gasteiger partial charge in [0.2, 0.25) is 0 Å². The molecule has 0 bridgehead atoms. The summed E-state index contributed by atoms with van der Waals surface area (Å²) in [5, 5.41) is 4.92.